The first-order valence-electron chi connectivity index (χ1n) is 6.25. The second-order valence-corrected chi connectivity index (χ2v) is 5.25. The average Bonchev–Trinajstić information content (AvgIpc) is 2.33. The standard InChI is InChI=1S/C12H16ClF3N4O/c1-6(2)5-17-10(21)7(3)18-9-4-8(12(14,15)16)19-11(13)20-9/h4,6-7H,5H2,1-3H3,(H,17,21)(H,18,19,20). The fraction of sp³-hybridized carbons (Fsp3) is 0.583. The molecule has 0 saturated carbocycles. The number of rotatable bonds is 5. The Labute approximate surface area is 125 Å². The Morgan fingerprint density at radius 3 is 2.48 bits per heavy atom. The Bertz CT molecular complexity index is 508. The molecule has 1 aromatic rings. The molecule has 5 nitrogen and oxygen atoms in total. The van der Waals surface area contributed by atoms with E-state index in [9.17, 15) is 18.0 Å². The molecule has 1 unspecified atom stereocenters. The summed E-state index contributed by atoms with van der Waals surface area (Å²) >= 11 is 5.46. The minimum atomic E-state index is -4.63. The fourth-order valence-corrected chi connectivity index (χ4v) is 1.56. The van der Waals surface area contributed by atoms with Crippen molar-refractivity contribution in [2.75, 3.05) is 11.9 Å². The highest BCUT2D eigenvalue weighted by atomic mass is 35.5. The summed E-state index contributed by atoms with van der Waals surface area (Å²) < 4.78 is 37.8. The van der Waals surface area contributed by atoms with Crippen LogP contribution in [0.3, 0.4) is 0 Å². The molecule has 1 aromatic heterocycles. The number of aromatic nitrogens is 2. The molecule has 0 saturated heterocycles. The molecular formula is C12H16ClF3N4O. The van der Waals surface area contributed by atoms with Crippen LogP contribution in [0.25, 0.3) is 0 Å². The number of carbonyl (C=O) groups is 1. The molecule has 1 heterocycles. The quantitative estimate of drug-likeness (QED) is 0.817. The molecule has 1 amide bonds. The van der Waals surface area contributed by atoms with Crippen LogP contribution in [0.4, 0.5) is 19.0 Å². The molecule has 9 heteroatoms. The topological polar surface area (TPSA) is 66.9 Å². The van der Waals surface area contributed by atoms with Crippen molar-refractivity contribution in [1.29, 1.82) is 0 Å². The number of alkyl halides is 3. The van der Waals surface area contributed by atoms with E-state index in [2.05, 4.69) is 20.6 Å². The summed E-state index contributed by atoms with van der Waals surface area (Å²) in [4.78, 5) is 18.5. The summed E-state index contributed by atoms with van der Waals surface area (Å²) in [5, 5.41) is 4.69. The molecule has 0 spiro atoms. The van der Waals surface area contributed by atoms with Crippen LogP contribution in [0.5, 0.6) is 0 Å². The molecule has 0 aliphatic carbocycles. The molecule has 0 bridgehead atoms. The van der Waals surface area contributed by atoms with Gasteiger partial charge in [0, 0.05) is 12.6 Å². The van der Waals surface area contributed by atoms with Crippen molar-refractivity contribution in [2.24, 2.45) is 5.92 Å². The summed E-state index contributed by atoms with van der Waals surface area (Å²) in [6, 6.07) is -0.0474. The van der Waals surface area contributed by atoms with E-state index >= 15 is 0 Å². The number of hydrogen-bond acceptors (Lipinski definition) is 4. The van der Waals surface area contributed by atoms with Gasteiger partial charge in [-0.2, -0.15) is 13.2 Å². The van der Waals surface area contributed by atoms with E-state index in [0.717, 1.165) is 0 Å². The summed E-state index contributed by atoms with van der Waals surface area (Å²) in [7, 11) is 0. The summed E-state index contributed by atoms with van der Waals surface area (Å²) in [5.74, 6) is -0.229. The van der Waals surface area contributed by atoms with Crippen LogP contribution >= 0.6 is 11.6 Å². The second kappa shape index (κ2) is 6.93. The van der Waals surface area contributed by atoms with Crippen molar-refractivity contribution in [2.45, 2.75) is 33.0 Å². The molecule has 2 N–H and O–H groups in total. The van der Waals surface area contributed by atoms with Crippen molar-refractivity contribution in [1.82, 2.24) is 15.3 Å². The van der Waals surface area contributed by atoms with Gasteiger partial charge in [0.1, 0.15) is 11.9 Å². The monoisotopic (exact) mass is 324 g/mol. The molecule has 0 aliphatic heterocycles. The predicted octanol–water partition coefficient (Wildman–Crippen LogP) is 2.72. The maximum atomic E-state index is 12.6. The number of amides is 1. The van der Waals surface area contributed by atoms with Crippen molar-refractivity contribution >= 4 is 23.3 Å². The molecule has 0 fully saturated rings. The Hall–Kier alpha value is -1.57. The van der Waals surface area contributed by atoms with Crippen LogP contribution in [0.2, 0.25) is 5.28 Å². The number of halogens is 4. The van der Waals surface area contributed by atoms with E-state index in [-0.39, 0.29) is 17.6 Å². The number of carbonyl (C=O) groups excluding carboxylic acids is 1. The molecule has 1 rings (SSSR count). The minimum absolute atomic E-state index is 0.158. The zero-order valence-corrected chi connectivity index (χ0v) is 12.5. The lowest BCUT2D eigenvalue weighted by Gasteiger charge is -2.16. The zero-order chi connectivity index (χ0) is 16.2. The van der Waals surface area contributed by atoms with Gasteiger partial charge >= 0.3 is 6.18 Å². The molecule has 0 aliphatic rings. The summed E-state index contributed by atoms with van der Waals surface area (Å²) in [6.45, 7) is 5.85. The second-order valence-electron chi connectivity index (χ2n) is 4.91. The molecule has 118 valence electrons. The first kappa shape index (κ1) is 17.5. The van der Waals surface area contributed by atoms with Crippen molar-refractivity contribution in [3.8, 4) is 0 Å². The van der Waals surface area contributed by atoms with Gasteiger partial charge in [-0.1, -0.05) is 13.8 Å². The number of hydrogen-bond donors (Lipinski definition) is 2. The van der Waals surface area contributed by atoms with Crippen molar-refractivity contribution in [3.63, 3.8) is 0 Å². The maximum absolute atomic E-state index is 12.6. The highest BCUT2D eigenvalue weighted by Crippen LogP contribution is 2.29. The van der Waals surface area contributed by atoms with Crippen LogP contribution < -0.4 is 10.6 Å². The van der Waals surface area contributed by atoms with Gasteiger partial charge in [-0.05, 0) is 24.4 Å². The number of anilines is 1. The van der Waals surface area contributed by atoms with Crippen LogP contribution in [0, 0.1) is 5.92 Å². The Morgan fingerprint density at radius 1 is 1.33 bits per heavy atom. The van der Waals surface area contributed by atoms with E-state index in [1.165, 1.54) is 6.92 Å². The van der Waals surface area contributed by atoms with E-state index in [1.807, 2.05) is 13.8 Å². The van der Waals surface area contributed by atoms with Crippen LogP contribution in [0.15, 0.2) is 6.07 Å². The minimum Gasteiger partial charge on any atom is -0.358 e. The summed E-state index contributed by atoms with van der Waals surface area (Å²) in [5.41, 5.74) is -1.17. The smallest absolute Gasteiger partial charge is 0.358 e. The molecule has 0 radical (unpaired) electrons. The predicted molar refractivity (Wildman–Crippen MR) is 73.0 cm³/mol. The normalized spacial score (nSPS) is 13.1. The third-order valence-corrected chi connectivity index (χ3v) is 2.60. The van der Waals surface area contributed by atoms with Gasteiger partial charge in [-0.25, -0.2) is 9.97 Å². The maximum Gasteiger partial charge on any atom is 0.433 e. The highest BCUT2D eigenvalue weighted by Gasteiger charge is 2.33. The Morgan fingerprint density at radius 2 is 1.95 bits per heavy atom. The van der Waals surface area contributed by atoms with Gasteiger partial charge in [0.2, 0.25) is 11.2 Å². The van der Waals surface area contributed by atoms with E-state index in [0.29, 0.717) is 12.6 Å². The first-order valence-corrected chi connectivity index (χ1v) is 6.63. The van der Waals surface area contributed by atoms with Gasteiger partial charge < -0.3 is 10.6 Å². The van der Waals surface area contributed by atoms with Gasteiger partial charge in [0.05, 0.1) is 0 Å². The molecular weight excluding hydrogens is 309 g/mol. The van der Waals surface area contributed by atoms with Gasteiger partial charge in [0.25, 0.3) is 0 Å². The largest absolute Gasteiger partial charge is 0.433 e. The third kappa shape index (κ3) is 5.74. The van der Waals surface area contributed by atoms with E-state index in [4.69, 9.17) is 11.6 Å². The van der Waals surface area contributed by atoms with Crippen LogP contribution in [0.1, 0.15) is 26.5 Å². The van der Waals surface area contributed by atoms with Crippen LogP contribution in [-0.2, 0) is 11.0 Å². The van der Waals surface area contributed by atoms with Gasteiger partial charge in [0.15, 0.2) is 5.69 Å². The molecule has 1 atom stereocenters. The van der Waals surface area contributed by atoms with Crippen molar-refractivity contribution < 1.29 is 18.0 Å². The lowest BCUT2D eigenvalue weighted by atomic mass is 10.2. The molecule has 0 aromatic carbocycles. The average molecular weight is 325 g/mol. The van der Waals surface area contributed by atoms with E-state index in [1.54, 1.807) is 0 Å². The fourth-order valence-electron chi connectivity index (χ4n) is 1.38. The van der Waals surface area contributed by atoms with Crippen LogP contribution in [-0.4, -0.2) is 28.5 Å². The lowest BCUT2D eigenvalue weighted by Crippen LogP contribution is -2.39. The Kier molecular flexibility index (Phi) is 5.77. The SMILES string of the molecule is CC(C)CNC(=O)C(C)Nc1cc(C(F)(F)F)nc(Cl)n1. The highest BCUT2D eigenvalue weighted by molar-refractivity contribution is 6.28. The number of nitrogens with one attached hydrogen (secondary N) is 2. The van der Waals surface area contributed by atoms with E-state index < -0.39 is 23.2 Å². The zero-order valence-electron chi connectivity index (χ0n) is 11.8. The van der Waals surface area contributed by atoms with Gasteiger partial charge in [-0.3, -0.25) is 4.79 Å². The summed E-state index contributed by atoms with van der Waals surface area (Å²) in [6.07, 6.45) is -4.63. The number of nitrogens with zero attached hydrogens (tertiary/aromatic N) is 2. The Balaban J connectivity index is 2.78. The first-order chi connectivity index (χ1) is 9.59. The molecule has 21 heavy (non-hydrogen) atoms. The lowest BCUT2D eigenvalue weighted by molar-refractivity contribution is -0.141. The van der Waals surface area contributed by atoms with Gasteiger partial charge in [-0.15, -0.1) is 0 Å². The van der Waals surface area contributed by atoms with Crippen molar-refractivity contribution in [3.05, 3.63) is 17.0 Å². The third-order valence-electron chi connectivity index (χ3n) is 2.43.